The fourth-order valence-corrected chi connectivity index (χ4v) is 1.59. The molecule has 5 nitrogen and oxygen atoms in total. The van der Waals surface area contributed by atoms with Crippen molar-refractivity contribution in [1.82, 2.24) is 5.32 Å². The highest BCUT2D eigenvalue weighted by Gasteiger charge is 2.29. The number of anilines is 1. The summed E-state index contributed by atoms with van der Waals surface area (Å²) in [5.41, 5.74) is 0.377. The lowest BCUT2D eigenvalue weighted by Gasteiger charge is -2.19. The molecule has 0 aliphatic carbocycles. The van der Waals surface area contributed by atoms with Gasteiger partial charge in [-0.05, 0) is 31.5 Å². The number of rotatable bonds is 7. The Morgan fingerprint density at radius 1 is 1.30 bits per heavy atom. The van der Waals surface area contributed by atoms with E-state index in [2.05, 4.69) is 17.2 Å². The third kappa shape index (κ3) is 4.20. The van der Waals surface area contributed by atoms with Crippen LogP contribution in [0.15, 0.2) is 36.9 Å². The molecule has 0 aliphatic heterocycles. The van der Waals surface area contributed by atoms with Crippen molar-refractivity contribution >= 4 is 17.6 Å². The number of aliphatic carboxylic acids is 1. The van der Waals surface area contributed by atoms with Gasteiger partial charge in [0.15, 0.2) is 0 Å². The molecule has 20 heavy (non-hydrogen) atoms. The molecule has 0 radical (unpaired) electrons. The summed E-state index contributed by atoms with van der Waals surface area (Å²) in [5.74, 6) is -1.04. The third-order valence-corrected chi connectivity index (χ3v) is 3.00. The summed E-state index contributed by atoms with van der Waals surface area (Å²) >= 11 is 0. The molecule has 5 heteroatoms. The van der Waals surface area contributed by atoms with Crippen LogP contribution in [0, 0.1) is 0 Å². The second-order valence-corrected chi connectivity index (χ2v) is 4.98. The van der Waals surface area contributed by atoms with Crippen molar-refractivity contribution in [2.45, 2.75) is 19.3 Å². The maximum atomic E-state index is 11.6. The molecule has 0 aliphatic rings. The molecular formula is C15H20N2O3. The maximum Gasteiger partial charge on any atom is 0.313 e. The molecule has 3 N–H and O–H groups in total. The van der Waals surface area contributed by atoms with E-state index in [9.17, 15) is 9.59 Å². The molecule has 0 bridgehead atoms. The molecule has 0 fully saturated rings. The van der Waals surface area contributed by atoms with E-state index in [4.69, 9.17) is 5.11 Å². The van der Waals surface area contributed by atoms with Gasteiger partial charge in [0.25, 0.3) is 0 Å². The van der Waals surface area contributed by atoms with Crippen LogP contribution >= 0.6 is 0 Å². The smallest absolute Gasteiger partial charge is 0.313 e. The van der Waals surface area contributed by atoms with Crippen molar-refractivity contribution in [3.8, 4) is 0 Å². The molecule has 1 amide bonds. The first-order valence-corrected chi connectivity index (χ1v) is 6.33. The highest BCUT2D eigenvalue weighted by Crippen LogP contribution is 2.24. The Labute approximate surface area is 118 Å². The third-order valence-electron chi connectivity index (χ3n) is 3.00. The molecule has 0 unspecified atom stereocenters. The molecule has 108 valence electrons. The second-order valence-electron chi connectivity index (χ2n) is 4.98. The van der Waals surface area contributed by atoms with Crippen LogP contribution in [0.25, 0.3) is 0 Å². The van der Waals surface area contributed by atoms with Crippen LogP contribution in [-0.2, 0) is 15.0 Å². The molecule has 0 atom stereocenters. The van der Waals surface area contributed by atoms with E-state index < -0.39 is 11.4 Å². The number of hydrogen-bond donors (Lipinski definition) is 3. The van der Waals surface area contributed by atoms with Gasteiger partial charge in [-0.3, -0.25) is 9.59 Å². The zero-order valence-electron chi connectivity index (χ0n) is 11.8. The predicted octanol–water partition coefficient (Wildman–Crippen LogP) is 1.76. The predicted molar refractivity (Wildman–Crippen MR) is 78.8 cm³/mol. The van der Waals surface area contributed by atoms with Crippen LogP contribution in [-0.4, -0.2) is 30.1 Å². The Bertz CT molecular complexity index is 492. The fourth-order valence-electron chi connectivity index (χ4n) is 1.59. The number of hydrogen-bond acceptors (Lipinski definition) is 3. The van der Waals surface area contributed by atoms with Crippen LogP contribution in [0.4, 0.5) is 5.69 Å². The SMILES string of the molecule is C=CCNCC(=O)Nc1ccc(C(C)(C)C(=O)O)cc1. The van der Waals surface area contributed by atoms with E-state index in [0.717, 1.165) is 0 Å². The molecule has 1 aromatic rings. The molecule has 0 heterocycles. The van der Waals surface area contributed by atoms with Crippen molar-refractivity contribution in [1.29, 1.82) is 0 Å². The number of carbonyl (C=O) groups is 2. The summed E-state index contributed by atoms with van der Waals surface area (Å²) in [6, 6.07) is 6.82. The van der Waals surface area contributed by atoms with E-state index >= 15 is 0 Å². The second kappa shape index (κ2) is 6.86. The normalized spacial score (nSPS) is 10.9. The van der Waals surface area contributed by atoms with E-state index in [1.807, 2.05) is 0 Å². The van der Waals surface area contributed by atoms with Gasteiger partial charge in [-0.15, -0.1) is 6.58 Å². The molecule has 0 aromatic heterocycles. The molecule has 1 aromatic carbocycles. The number of nitrogens with one attached hydrogen (secondary N) is 2. The molecule has 0 saturated heterocycles. The lowest BCUT2D eigenvalue weighted by molar-refractivity contribution is -0.142. The average molecular weight is 276 g/mol. The number of carboxylic acid groups (broad SMARTS) is 1. The van der Waals surface area contributed by atoms with Gasteiger partial charge < -0.3 is 15.7 Å². The lowest BCUT2D eigenvalue weighted by Crippen LogP contribution is -2.29. The van der Waals surface area contributed by atoms with Crippen LogP contribution in [0.5, 0.6) is 0 Å². The van der Waals surface area contributed by atoms with Gasteiger partial charge in [-0.1, -0.05) is 18.2 Å². The number of carbonyl (C=O) groups excluding carboxylic acids is 1. The lowest BCUT2D eigenvalue weighted by atomic mass is 9.85. The van der Waals surface area contributed by atoms with Gasteiger partial charge in [0.1, 0.15) is 0 Å². The summed E-state index contributed by atoms with van der Waals surface area (Å²) in [5, 5.41) is 14.8. The Morgan fingerprint density at radius 3 is 2.40 bits per heavy atom. The number of benzene rings is 1. The summed E-state index contributed by atoms with van der Waals surface area (Å²) in [6.07, 6.45) is 1.68. The average Bonchev–Trinajstić information content (AvgIpc) is 2.39. The Hall–Kier alpha value is -2.14. The van der Waals surface area contributed by atoms with Gasteiger partial charge in [-0.2, -0.15) is 0 Å². The van der Waals surface area contributed by atoms with Crippen molar-refractivity contribution in [2.24, 2.45) is 0 Å². The molecule has 1 rings (SSSR count). The van der Waals surface area contributed by atoms with Crippen molar-refractivity contribution in [3.63, 3.8) is 0 Å². The summed E-state index contributed by atoms with van der Waals surface area (Å²) in [4.78, 5) is 22.7. The molecular weight excluding hydrogens is 256 g/mol. The monoisotopic (exact) mass is 276 g/mol. The van der Waals surface area contributed by atoms with Crippen LogP contribution < -0.4 is 10.6 Å². The van der Waals surface area contributed by atoms with E-state index in [1.54, 1.807) is 44.2 Å². The highest BCUT2D eigenvalue weighted by molar-refractivity contribution is 5.92. The van der Waals surface area contributed by atoms with Gasteiger partial charge in [-0.25, -0.2) is 0 Å². The first-order chi connectivity index (χ1) is 9.37. The van der Waals surface area contributed by atoms with Gasteiger partial charge >= 0.3 is 5.97 Å². The van der Waals surface area contributed by atoms with E-state index in [0.29, 0.717) is 17.8 Å². The zero-order chi connectivity index (χ0) is 15.2. The first-order valence-electron chi connectivity index (χ1n) is 6.33. The standard InChI is InChI=1S/C15H20N2O3/c1-4-9-16-10-13(18)17-12-7-5-11(6-8-12)15(2,3)14(19)20/h4-8,16H,1,9-10H2,2-3H3,(H,17,18)(H,19,20). The van der Waals surface area contributed by atoms with Crippen LogP contribution in [0.1, 0.15) is 19.4 Å². The zero-order valence-corrected chi connectivity index (χ0v) is 11.8. The first kappa shape index (κ1) is 15.9. The maximum absolute atomic E-state index is 11.6. The molecule has 0 spiro atoms. The Balaban J connectivity index is 2.65. The van der Waals surface area contributed by atoms with Gasteiger partial charge in [0.2, 0.25) is 5.91 Å². The summed E-state index contributed by atoms with van der Waals surface area (Å²) < 4.78 is 0. The highest BCUT2D eigenvalue weighted by atomic mass is 16.4. The minimum absolute atomic E-state index is 0.155. The van der Waals surface area contributed by atoms with Crippen LogP contribution in [0.3, 0.4) is 0 Å². The van der Waals surface area contributed by atoms with Crippen molar-refractivity contribution in [3.05, 3.63) is 42.5 Å². The van der Waals surface area contributed by atoms with E-state index in [-0.39, 0.29) is 12.5 Å². The summed E-state index contributed by atoms with van der Waals surface area (Å²) in [7, 11) is 0. The van der Waals surface area contributed by atoms with Gasteiger partial charge in [0, 0.05) is 12.2 Å². The minimum Gasteiger partial charge on any atom is -0.481 e. The van der Waals surface area contributed by atoms with Gasteiger partial charge in [0.05, 0.1) is 12.0 Å². The quantitative estimate of drug-likeness (QED) is 0.524. The Kier molecular flexibility index (Phi) is 5.46. The number of carboxylic acids is 1. The minimum atomic E-state index is -0.950. The largest absolute Gasteiger partial charge is 0.481 e. The van der Waals surface area contributed by atoms with Crippen LogP contribution in [0.2, 0.25) is 0 Å². The number of amides is 1. The Morgan fingerprint density at radius 2 is 1.90 bits per heavy atom. The summed E-state index contributed by atoms with van der Waals surface area (Å²) in [6.45, 7) is 7.60. The molecule has 0 saturated carbocycles. The van der Waals surface area contributed by atoms with Crippen molar-refractivity contribution < 1.29 is 14.7 Å². The van der Waals surface area contributed by atoms with Crippen molar-refractivity contribution in [2.75, 3.05) is 18.4 Å². The van der Waals surface area contributed by atoms with E-state index in [1.165, 1.54) is 0 Å². The fraction of sp³-hybridized carbons (Fsp3) is 0.333. The topological polar surface area (TPSA) is 78.4 Å².